The molecule has 2 aromatic rings. The predicted molar refractivity (Wildman–Crippen MR) is 69.2 cm³/mol. The number of anilines is 1. The maximum absolute atomic E-state index is 13.5. The summed E-state index contributed by atoms with van der Waals surface area (Å²) in [6.07, 6.45) is 3.48. The second-order valence-corrected chi connectivity index (χ2v) is 4.00. The van der Waals surface area contributed by atoms with Crippen LogP contribution in [0.4, 0.5) is 10.1 Å². The zero-order valence-electron chi connectivity index (χ0n) is 10.4. The van der Waals surface area contributed by atoms with Crippen LogP contribution >= 0.6 is 0 Å². The smallest absolute Gasteiger partial charge is 0.167 e. The standard InChI is InChI=1S/C14H15FN2O/c1-10(11-5-7-16-8-6-11)17-12-3-4-14(18-2)13(15)9-12/h3-10,17H,1-2H3. The van der Waals surface area contributed by atoms with Gasteiger partial charge in [-0.25, -0.2) is 4.39 Å². The Labute approximate surface area is 106 Å². The summed E-state index contributed by atoms with van der Waals surface area (Å²) in [5.41, 5.74) is 1.82. The monoisotopic (exact) mass is 246 g/mol. The van der Waals surface area contributed by atoms with Crippen LogP contribution in [0.1, 0.15) is 18.5 Å². The molecule has 4 heteroatoms. The highest BCUT2D eigenvalue weighted by Crippen LogP contribution is 2.24. The first-order valence-electron chi connectivity index (χ1n) is 5.70. The van der Waals surface area contributed by atoms with Gasteiger partial charge in [-0.15, -0.1) is 0 Å². The van der Waals surface area contributed by atoms with Gasteiger partial charge >= 0.3 is 0 Å². The van der Waals surface area contributed by atoms with Crippen LogP contribution in [-0.4, -0.2) is 12.1 Å². The second kappa shape index (κ2) is 5.49. The molecule has 0 saturated heterocycles. The van der Waals surface area contributed by atoms with E-state index in [1.54, 1.807) is 24.5 Å². The van der Waals surface area contributed by atoms with E-state index < -0.39 is 0 Å². The summed E-state index contributed by atoms with van der Waals surface area (Å²) >= 11 is 0. The van der Waals surface area contributed by atoms with Gasteiger partial charge in [0.2, 0.25) is 0 Å². The number of hydrogen-bond donors (Lipinski definition) is 1. The second-order valence-electron chi connectivity index (χ2n) is 4.00. The molecule has 2 rings (SSSR count). The van der Waals surface area contributed by atoms with Crippen molar-refractivity contribution in [2.75, 3.05) is 12.4 Å². The van der Waals surface area contributed by atoms with Gasteiger partial charge in [-0.3, -0.25) is 4.98 Å². The van der Waals surface area contributed by atoms with Gasteiger partial charge in [0.25, 0.3) is 0 Å². The number of halogens is 1. The van der Waals surface area contributed by atoms with Crippen molar-refractivity contribution in [1.82, 2.24) is 4.98 Å². The highest BCUT2D eigenvalue weighted by molar-refractivity contribution is 5.48. The summed E-state index contributed by atoms with van der Waals surface area (Å²) in [5, 5.41) is 3.23. The topological polar surface area (TPSA) is 34.1 Å². The van der Waals surface area contributed by atoms with Gasteiger partial charge < -0.3 is 10.1 Å². The number of hydrogen-bond acceptors (Lipinski definition) is 3. The minimum absolute atomic E-state index is 0.0841. The molecule has 0 fully saturated rings. The molecule has 1 unspecified atom stereocenters. The number of rotatable bonds is 4. The van der Waals surface area contributed by atoms with Crippen molar-refractivity contribution in [2.45, 2.75) is 13.0 Å². The maximum atomic E-state index is 13.5. The molecule has 1 N–H and O–H groups in total. The third-order valence-electron chi connectivity index (χ3n) is 2.74. The van der Waals surface area contributed by atoms with Crippen LogP contribution in [0.15, 0.2) is 42.7 Å². The third kappa shape index (κ3) is 2.77. The molecule has 0 radical (unpaired) electrons. The third-order valence-corrected chi connectivity index (χ3v) is 2.74. The normalized spacial score (nSPS) is 11.9. The minimum atomic E-state index is -0.371. The lowest BCUT2D eigenvalue weighted by Crippen LogP contribution is -2.06. The van der Waals surface area contributed by atoms with Crippen molar-refractivity contribution in [3.8, 4) is 5.75 Å². The number of nitrogens with zero attached hydrogens (tertiary/aromatic N) is 1. The SMILES string of the molecule is COc1ccc(NC(C)c2ccncc2)cc1F. The van der Waals surface area contributed by atoms with E-state index in [9.17, 15) is 4.39 Å². The Morgan fingerprint density at radius 3 is 2.56 bits per heavy atom. The van der Waals surface area contributed by atoms with E-state index in [1.807, 2.05) is 19.1 Å². The van der Waals surface area contributed by atoms with Gasteiger partial charge in [0.15, 0.2) is 11.6 Å². The Hall–Kier alpha value is -2.10. The first-order valence-corrected chi connectivity index (χ1v) is 5.70. The van der Waals surface area contributed by atoms with Crippen LogP contribution < -0.4 is 10.1 Å². The van der Waals surface area contributed by atoms with E-state index in [2.05, 4.69) is 10.3 Å². The lowest BCUT2D eigenvalue weighted by molar-refractivity contribution is 0.386. The van der Waals surface area contributed by atoms with E-state index >= 15 is 0 Å². The number of benzene rings is 1. The maximum Gasteiger partial charge on any atom is 0.167 e. The Kier molecular flexibility index (Phi) is 3.77. The largest absolute Gasteiger partial charge is 0.494 e. The van der Waals surface area contributed by atoms with E-state index in [4.69, 9.17) is 4.74 Å². The highest BCUT2D eigenvalue weighted by atomic mass is 19.1. The lowest BCUT2D eigenvalue weighted by atomic mass is 10.1. The van der Waals surface area contributed by atoms with Gasteiger partial charge in [-0.1, -0.05) is 0 Å². The average Bonchev–Trinajstić information content (AvgIpc) is 2.40. The van der Waals surface area contributed by atoms with Gasteiger partial charge in [0, 0.05) is 30.2 Å². The Morgan fingerprint density at radius 1 is 1.22 bits per heavy atom. The average molecular weight is 246 g/mol. The number of pyridine rings is 1. The molecule has 0 bridgehead atoms. The zero-order valence-corrected chi connectivity index (χ0v) is 10.4. The van der Waals surface area contributed by atoms with Crippen molar-refractivity contribution >= 4 is 5.69 Å². The van der Waals surface area contributed by atoms with E-state index in [-0.39, 0.29) is 17.6 Å². The summed E-state index contributed by atoms with van der Waals surface area (Å²) < 4.78 is 18.4. The predicted octanol–water partition coefficient (Wildman–Crippen LogP) is 3.40. The Balaban J connectivity index is 2.12. The molecular weight excluding hydrogens is 231 g/mol. The van der Waals surface area contributed by atoms with Gasteiger partial charge in [-0.05, 0) is 36.8 Å². The van der Waals surface area contributed by atoms with E-state index in [0.29, 0.717) is 0 Å². The van der Waals surface area contributed by atoms with E-state index in [0.717, 1.165) is 11.3 Å². The van der Waals surface area contributed by atoms with E-state index in [1.165, 1.54) is 13.2 Å². The van der Waals surface area contributed by atoms with Gasteiger partial charge in [-0.2, -0.15) is 0 Å². The fourth-order valence-electron chi connectivity index (χ4n) is 1.74. The van der Waals surface area contributed by atoms with Crippen LogP contribution in [0.3, 0.4) is 0 Å². The Morgan fingerprint density at radius 2 is 1.94 bits per heavy atom. The fourth-order valence-corrected chi connectivity index (χ4v) is 1.74. The van der Waals surface area contributed by atoms with Crippen LogP contribution in [0.2, 0.25) is 0 Å². The molecule has 0 aliphatic carbocycles. The highest BCUT2D eigenvalue weighted by Gasteiger charge is 2.07. The first-order chi connectivity index (χ1) is 8.70. The first kappa shape index (κ1) is 12.4. The molecule has 0 aliphatic rings. The summed E-state index contributed by atoms with van der Waals surface area (Å²) in [5.74, 6) is -0.124. The molecule has 1 aromatic heterocycles. The summed E-state index contributed by atoms with van der Waals surface area (Å²) in [7, 11) is 1.45. The van der Waals surface area contributed by atoms with Crippen molar-refractivity contribution < 1.29 is 9.13 Å². The van der Waals surface area contributed by atoms with Gasteiger partial charge in [0.1, 0.15) is 0 Å². The Bertz CT molecular complexity index is 516. The molecular formula is C14H15FN2O. The molecule has 0 amide bonds. The van der Waals surface area contributed by atoms with Crippen molar-refractivity contribution in [3.63, 3.8) is 0 Å². The van der Waals surface area contributed by atoms with Crippen molar-refractivity contribution in [2.24, 2.45) is 0 Å². The number of aromatic nitrogens is 1. The van der Waals surface area contributed by atoms with Crippen LogP contribution in [0.5, 0.6) is 5.75 Å². The quantitative estimate of drug-likeness (QED) is 0.897. The number of nitrogens with one attached hydrogen (secondary N) is 1. The lowest BCUT2D eigenvalue weighted by Gasteiger charge is -2.16. The van der Waals surface area contributed by atoms with Crippen molar-refractivity contribution in [1.29, 1.82) is 0 Å². The molecule has 18 heavy (non-hydrogen) atoms. The summed E-state index contributed by atoms with van der Waals surface area (Å²) in [6.45, 7) is 2.01. The summed E-state index contributed by atoms with van der Waals surface area (Å²) in [4.78, 5) is 3.97. The molecule has 1 atom stereocenters. The molecule has 0 spiro atoms. The number of ether oxygens (including phenoxy) is 1. The molecule has 1 aromatic carbocycles. The van der Waals surface area contributed by atoms with Crippen LogP contribution in [0, 0.1) is 5.82 Å². The minimum Gasteiger partial charge on any atom is -0.494 e. The molecule has 0 saturated carbocycles. The fraction of sp³-hybridized carbons (Fsp3) is 0.214. The number of methoxy groups -OCH3 is 1. The molecule has 0 aliphatic heterocycles. The van der Waals surface area contributed by atoms with Crippen LogP contribution in [0.25, 0.3) is 0 Å². The zero-order chi connectivity index (χ0) is 13.0. The molecule has 3 nitrogen and oxygen atoms in total. The summed E-state index contributed by atoms with van der Waals surface area (Å²) in [6, 6.07) is 8.77. The van der Waals surface area contributed by atoms with Crippen LogP contribution in [-0.2, 0) is 0 Å². The molecule has 94 valence electrons. The van der Waals surface area contributed by atoms with Crippen molar-refractivity contribution in [3.05, 3.63) is 54.1 Å². The molecule has 1 heterocycles. The van der Waals surface area contributed by atoms with Gasteiger partial charge in [0.05, 0.1) is 7.11 Å².